The first-order valence-electron chi connectivity index (χ1n) is 9.08. The number of rotatable bonds is 9. The summed E-state index contributed by atoms with van der Waals surface area (Å²) in [5, 5.41) is 11.0. The molecule has 1 aromatic carbocycles. The molecule has 0 saturated carbocycles. The van der Waals surface area contributed by atoms with Crippen molar-refractivity contribution in [3.8, 4) is 5.69 Å². The third-order valence-electron chi connectivity index (χ3n) is 3.98. The smallest absolute Gasteiger partial charge is 0.191 e. The van der Waals surface area contributed by atoms with Crippen LogP contribution in [0.2, 0.25) is 0 Å². The van der Waals surface area contributed by atoms with E-state index in [1.807, 2.05) is 24.4 Å². The van der Waals surface area contributed by atoms with Gasteiger partial charge in [0.1, 0.15) is 11.6 Å². The molecule has 0 atom stereocenters. The Bertz CT molecular complexity index is 865. The number of furan rings is 1. The SMILES string of the molecule is COCCNC(=NCc1ccn(-c2ccc(F)cc2)n1)NCCc1ccco1.I. The molecule has 9 heteroatoms. The van der Waals surface area contributed by atoms with Gasteiger partial charge in [0, 0.05) is 32.8 Å². The van der Waals surface area contributed by atoms with Crippen LogP contribution in [-0.2, 0) is 17.7 Å². The van der Waals surface area contributed by atoms with Gasteiger partial charge in [-0.05, 0) is 42.5 Å². The monoisotopic (exact) mass is 513 g/mol. The zero-order valence-corrected chi connectivity index (χ0v) is 18.5. The lowest BCUT2D eigenvalue weighted by Crippen LogP contribution is -2.40. The number of aliphatic imine (C=N–C) groups is 1. The maximum Gasteiger partial charge on any atom is 0.191 e. The molecule has 29 heavy (non-hydrogen) atoms. The van der Waals surface area contributed by atoms with Gasteiger partial charge in [-0.3, -0.25) is 0 Å². The van der Waals surface area contributed by atoms with Crippen LogP contribution in [0, 0.1) is 5.82 Å². The molecule has 3 aromatic rings. The van der Waals surface area contributed by atoms with Crippen LogP contribution in [0.5, 0.6) is 0 Å². The first kappa shape index (κ1) is 22.9. The summed E-state index contributed by atoms with van der Waals surface area (Å²) in [6.07, 6.45) is 4.26. The third-order valence-corrected chi connectivity index (χ3v) is 3.98. The van der Waals surface area contributed by atoms with E-state index in [1.165, 1.54) is 12.1 Å². The van der Waals surface area contributed by atoms with Crippen LogP contribution >= 0.6 is 24.0 Å². The Balaban J connectivity index is 0.00000300. The van der Waals surface area contributed by atoms with Gasteiger partial charge in [0.05, 0.1) is 30.8 Å². The van der Waals surface area contributed by atoms with Crippen molar-refractivity contribution in [2.24, 2.45) is 4.99 Å². The van der Waals surface area contributed by atoms with Crippen molar-refractivity contribution in [2.45, 2.75) is 13.0 Å². The fraction of sp³-hybridized carbons (Fsp3) is 0.300. The summed E-state index contributed by atoms with van der Waals surface area (Å²) in [4.78, 5) is 4.58. The van der Waals surface area contributed by atoms with Gasteiger partial charge < -0.3 is 19.8 Å². The van der Waals surface area contributed by atoms with Crippen LogP contribution in [0.4, 0.5) is 4.39 Å². The molecule has 0 aliphatic rings. The fourth-order valence-corrected chi connectivity index (χ4v) is 2.55. The van der Waals surface area contributed by atoms with Crippen LogP contribution in [0.25, 0.3) is 5.69 Å². The number of guanidine groups is 1. The largest absolute Gasteiger partial charge is 0.469 e. The number of hydrogen-bond acceptors (Lipinski definition) is 4. The minimum Gasteiger partial charge on any atom is -0.469 e. The maximum absolute atomic E-state index is 13.1. The highest BCUT2D eigenvalue weighted by Crippen LogP contribution is 2.09. The second-order valence-electron chi connectivity index (χ2n) is 6.07. The molecule has 0 amide bonds. The quantitative estimate of drug-likeness (QED) is 0.199. The number of methoxy groups -OCH3 is 1. The lowest BCUT2D eigenvalue weighted by molar-refractivity contribution is 0.203. The molecule has 0 aliphatic carbocycles. The second kappa shape index (κ2) is 12.2. The van der Waals surface area contributed by atoms with Crippen molar-refractivity contribution >= 4 is 29.9 Å². The molecule has 0 unspecified atom stereocenters. The van der Waals surface area contributed by atoms with Crippen LogP contribution in [-0.4, -0.2) is 42.5 Å². The highest BCUT2D eigenvalue weighted by molar-refractivity contribution is 14.0. The number of nitrogens with one attached hydrogen (secondary N) is 2. The molecular weight excluding hydrogens is 488 g/mol. The third kappa shape index (κ3) is 7.50. The van der Waals surface area contributed by atoms with Gasteiger partial charge in [0.15, 0.2) is 5.96 Å². The van der Waals surface area contributed by atoms with E-state index in [0.717, 1.165) is 23.6 Å². The topological polar surface area (TPSA) is 76.6 Å². The molecular formula is C20H25FIN5O2. The molecule has 2 aromatic heterocycles. The van der Waals surface area contributed by atoms with Gasteiger partial charge in [-0.1, -0.05) is 0 Å². The molecule has 7 nitrogen and oxygen atoms in total. The van der Waals surface area contributed by atoms with Gasteiger partial charge in [-0.15, -0.1) is 24.0 Å². The van der Waals surface area contributed by atoms with Crippen molar-refractivity contribution in [1.29, 1.82) is 0 Å². The molecule has 3 rings (SSSR count). The number of ether oxygens (including phenoxy) is 1. The van der Waals surface area contributed by atoms with Gasteiger partial charge in [-0.25, -0.2) is 14.1 Å². The van der Waals surface area contributed by atoms with E-state index in [-0.39, 0.29) is 29.8 Å². The summed E-state index contributed by atoms with van der Waals surface area (Å²) in [5.74, 6) is 1.33. The average molecular weight is 513 g/mol. The minimum absolute atomic E-state index is 0. The van der Waals surface area contributed by atoms with Gasteiger partial charge in [-0.2, -0.15) is 5.10 Å². The summed E-state index contributed by atoms with van der Waals surface area (Å²) in [6, 6.07) is 11.9. The lowest BCUT2D eigenvalue weighted by Gasteiger charge is -2.11. The predicted molar refractivity (Wildman–Crippen MR) is 120 cm³/mol. The summed E-state index contributed by atoms with van der Waals surface area (Å²) >= 11 is 0. The number of aromatic nitrogens is 2. The van der Waals surface area contributed by atoms with Gasteiger partial charge in [0.25, 0.3) is 0 Å². The van der Waals surface area contributed by atoms with E-state index in [2.05, 4.69) is 20.7 Å². The van der Waals surface area contributed by atoms with Crippen LogP contribution in [0.1, 0.15) is 11.5 Å². The van der Waals surface area contributed by atoms with E-state index in [1.54, 1.807) is 30.2 Å². The number of nitrogens with zero attached hydrogens (tertiary/aromatic N) is 3. The summed E-state index contributed by atoms with van der Waals surface area (Å²) in [7, 11) is 1.66. The maximum atomic E-state index is 13.1. The van der Waals surface area contributed by atoms with E-state index in [9.17, 15) is 4.39 Å². The Morgan fingerprint density at radius 3 is 2.69 bits per heavy atom. The summed E-state index contributed by atoms with van der Waals surface area (Å²) < 4.78 is 25.2. The zero-order chi connectivity index (χ0) is 19.6. The predicted octanol–water partition coefficient (Wildman–Crippen LogP) is 3.15. The molecule has 156 valence electrons. The number of hydrogen-bond donors (Lipinski definition) is 2. The Hall–Kier alpha value is -2.40. The Kier molecular flexibility index (Phi) is 9.65. The van der Waals surface area contributed by atoms with Gasteiger partial charge >= 0.3 is 0 Å². The normalized spacial score (nSPS) is 11.2. The van der Waals surface area contributed by atoms with Crippen molar-refractivity contribution < 1.29 is 13.5 Å². The van der Waals surface area contributed by atoms with Crippen molar-refractivity contribution in [3.63, 3.8) is 0 Å². The molecule has 0 aliphatic heterocycles. The Morgan fingerprint density at radius 2 is 1.97 bits per heavy atom. The molecule has 0 fully saturated rings. The van der Waals surface area contributed by atoms with Gasteiger partial charge in [0.2, 0.25) is 0 Å². The fourth-order valence-electron chi connectivity index (χ4n) is 2.55. The molecule has 0 radical (unpaired) electrons. The van der Waals surface area contributed by atoms with Crippen LogP contribution in [0.3, 0.4) is 0 Å². The number of benzene rings is 1. The highest BCUT2D eigenvalue weighted by Gasteiger charge is 2.04. The van der Waals surface area contributed by atoms with Crippen LogP contribution < -0.4 is 10.6 Å². The lowest BCUT2D eigenvalue weighted by atomic mass is 10.3. The van der Waals surface area contributed by atoms with Crippen molar-refractivity contribution in [3.05, 3.63) is 72.2 Å². The number of halogens is 2. The highest BCUT2D eigenvalue weighted by atomic mass is 127. The zero-order valence-electron chi connectivity index (χ0n) is 16.2. The van der Waals surface area contributed by atoms with E-state index >= 15 is 0 Å². The Morgan fingerprint density at radius 1 is 1.17 bits per heavy atom. The first-order valence-corrected chi connectivity index (χ1v) is 9.08. The molecule has 0 spiro atoms. The molecule has 0 bridgehead atoms. The second-order valence-corrected chi connectivity index (χ2v) is 6.07. The van der Waals surface area contributed by atoms with Crippen LogP contribution in [0.15, 0.2) is 64.3 Å². The standard InChI is InChI=1S/C20H24FN5O2.HI/c1-27-14-11-23-20(22-10-8-19-3-2-13-28-19)24-15-17-9-12-26(25-17)18-6-4-16(21)5-7-18;/h2-7,9,12-13H,8,10-11,14-15H2,1H3,(H2,22,23,24);1H. The van der Waals surface area contributed by atoms with E-state index in [4.69, 9.17) is 9.15 Å². The van der Waals surface area contributed by atoms with E-state index in [0.29, 0.717) is 32.2 Å². The van der Waals surface area contributed by atoms with E-state index < -0.39 is 0 Å². The Labute approximate surface area is 186 Å². The van der Waals surface area contributed by atoms with Crippen molar-refractivity contribution in [1.82, 2.24) is 20.4 Å². The minimum atomic E-state index is -0.270. The molecule has 2 N–H and O–H groups in total. The molecule has 2 heterocycles. The summed E-state index contributed by atoms with van der Waals surface area (Å²) in [6.45, 7) is 2.33. The van der Waals surface area contributed by atoms with Crippen molar-refractivity contribution in [2.75, 3.05) is 26.8 Å². The summed E-state index contributed by atoms with van der Waals surface area (Å²) in [5.41, 5.74) is 1.61. The first-order chi connectivity index (χ1) is 13.7. The average Bonchev–Trinajstić information content (AvgIpc) is 3.38. The molecule has 0 saturated heterocycles.